The highest BCUT2D eigenvalue weighted by atomic mass is 32.2. The van der Waals surface area contributed by atoms with Gasteiger partial charge in [-0.25, -0.2) is 13.4 Å². The molecule has 170 valence electrons. The number of aromatic amines is 1. The fraction of sp³-hybridized carbons (Fsp3) is 0.261. The third-order valence-electron chi connectivity index (χ3n) is 5.76. The molecule has 1 saturated heterocycles. The lowest BCUT2D eigenvalue weighted by Gasteiger charge is -2.13. The second-order valence-corrected chi connectivity index (χ2v) is 10.3. The van der Waals surface area contributed by atoms with Gasteiger partial charge in [0.25, 0.3) is 5.91 Å². The predicted molar refractivity (Wildman–Crippen MR) is 124 cm³/mol. The van der Waals surface area contributed by atoms with Crippen molar-refractivity contribution in [1.82, 2.24) is 25.1 Å². The standard InChI is InChI=1S/C23H23N5O4S/c1-32-17-8-6-15(7-9-17)21-12-20(27-28(21)16-10-11-33(30,31)14-16)23(29)24-13-22-25-18-4-2-3-5-19(18)26-22/h2-9,12,16H,10-11,13-14H2,1H3,(H,24,29)(H,25,26). The van der Waals surface area contributed by atoms with Crippen LogP contribution in [-0.4, -0.2) is 52.7 Å². The van der Waals surface area contributed by atoms with Crippen LogP contribution < -0.4 is 10.1 Å². The van der Waals surface area contributed by atoms with E-state index in [0.29, 0.717) is 23.7 Å². The Morgan fingerprint density at radius 1 is 1.21 bits per heavy atom. The van der Waals surface area contributed by atoms with Gasteiger partial charge < -0.3 is 15.0 Å². The topological polar surface area (TPSA) is 119 Å². The van der Waals surface area contributed by atoms with Gasteiger partial charge in [0, 0.05) is 5.56 Å². The van der Waals surface area contributed by atoms with Crippen molar-refractivity contribution >= 4 is 26.8 Å². The zero-order valence-corrected chi connectivity index (χ0v) is 18.8. The number of rotatable bonds is 6. The lowest BCUT2D eigenvalue weighted by molar-refractivity contribution is 0.0944. The molecule has 0 aliphatic carbocycles. The molecule has 10 heteroatoms. The molecule has 4 aromatic rings. The van der Waals surface area contributed by atoms with E-state index >= 15 is 0 Å². The van der Waals surface area contributed by atoms with Crippen LogP contribution in [-0.2, 0) is 16.4 Å². The van der Waals surface area contributed by atoms with E-state index in [1.54, 1.807) is 17.9 Å². The lowest BCUT2D eigenvalue weighted by atomic mass is 10.1. The number of carbonyl (C=O) groups excluding carboxylic acids is 1. The van der Waals surface area contributed by atoms with Gasteiger partial charge in [0.1, 0.15) is 11.6 Å². The van der Waals surface area contributed by atoms with Gasteiger partial charge in [-0.1, -0.05) is 12.1 Å². The zero-order valence-electron chi connectivity index (χ0n) is 18.0. The Balaban J connectivity index is 1.42. The molecule has 1 amide bonds. The first kappa shape index (κ1) is 21.2. The summed E-state index contributed by atoms with van der Waals surface area (Å²) in [4.78, 5) is 20.6. The Morgan fingerprint density at radius 2 is 2.00 bits per heavy atom. The van der Waals surface area contributed by atoms with Crippen LogP contribution in [0.2, 0.25) is 0 Å². The number of carbonyl (C=O) groups is 1. The fourth-order valence-corrected chi connectivity index (χ4v) is 5.77. The number of hydrogen-bond donors (Lipinski definition) is 2. The first-order valence-corrected chi connectivity index (χ1v) is 12.4. The van der Waals surface area contributed by atoms with Crippen LogP contribution in [0.3, 0.4) is 0 Å². The number of benzene rings is 2. The highest BCUT2D eigenvalue weighted by molar-refractivity contribution is 7.91. The van der Waals surface area contributed by atoms with E-state index in [2.05, 4.69) is 20.4 Å². The van der Waals surface area contributed by atoms with Crippen LogP contribution in [0.4, 0.5) is 0 Å². The largest absolute Gasteiger partial charge is 0.497 e. The molecule has 1 aliphatic heterocycles. The zero-order chi connectivity index (χ0) is 23.0. The van der Waals surface area contributed by atoms with Crippen molar-refractivity contribution in [2.24, 2.45) is 0 Å². The van der Waals surface area contributed by atoms with Crippen LogP contribution >= 0.6 is 0 Å². The van der Waals surface area contributed by atoms with Gasteiger partial charge in [-0.3, -0.25) is 9.48 Å². The summed E-state index contributed by atoms with van der Waals surface area (Å²) in [6, 6.07) is 16.4. The Labute approximate surface area is 190 Å². The number of H-pyrrole nitrogens is 1. The Morgan fingerprint density at radius 3 is 2.70 bits per heavy atom. The predicted octanol–water partition coefficient (Wildman–Crippen LogP) is 2.72. The number of ether oxygens (including phenoxy) is 1. The van der Waals surface area contributed by atoms with Gasteiger partial charge in [0.15, 0.2) is 15.5 Å². The van der Waals surface area contributed by atoms with E-state index in [1.165, 1.54) is 0 Å². The molecular formula is C23H23N5O4S. The molecule has 9 nitrogen and oxygen atoms in total. The molecule has 1 atom stereocenters. The second-order valence-electron chi connectivity index (χ2n) is 8.03. The molecule has 2 aromatic heterocycles. The van der Waals surface area contributed by atoms with Crippen LogP contribution in [0, 0.1) is 0 Å². The highest BCUT2D eigenvalue weighted by Gasteiger charge is 2.32. The molecule has 0 bridgehead atoms. The Kier molecular flexibility index (Phi) is 5.37. The number of methoxy groups -OCH3 is 1. The monoisotopic (exact) mass is 465 g/mol. The molecule has 0 saturated carbocycles. The highest BCUT2D eigenvalue weighted by Crippen LogP contribution is 2.31. The third kappa shape index (κ3) is 4.34. The fourth-order valence-electron chi connectivity index (χ4n) is 4.07. The number of amides is 1. The van der Waals surface area contributed by atoms with Crippen LogP contribution in [0.15, 0.2) is 54.6 Å². The average Bonchev–Trinajstić information content (AvgIpc) is 3.53. The van der Waals surface area contributed by atoms with Gasteiger partial charge in [-0.05, 0) is 48.9 Å². The van der Waals surface area contributed by atoms with E-state index in [4.69, 9.17) is 4.74 Å². The summed E-state index contributed by atoms with van der Waals surface area (Å²) in [5.74, 6) is 1.12. The van der Waals surface area contributed by atoms with Gasteiger partial charge in [0.05, 0.1) is 47.9 Å². The van der Waals surface area contributed by atoms with Crippen molar-refractivity contribution in [3.8, 4) is 17.0 Å². The quantitative estimate of drug-likeness (QED) is 0.452. The summed E-state index contributed by atoms with van der Waals surface area (Å²) in [7, 11) is -1.53. The number of hydrogen-bond acceptors (Lipinski definition) is 6. The van der Waals surface area contributed by atoms with E-state index in [1.807, 2.05) is 48.5 Å². The van der Waals surface area contributed by atoms with Crippen molar-refractivity contribution in [3.63, 3.8) is 0 Å². The molecule has 2 N–H and O–H groups in total. The van der Waals surface area contributed by atoms with E-state index < -0.39 is 9.84 Å². The number of aromatic nitrogens is 4. The van der Waals surface area contributed by atoms with E-state index in [-0.39, 0.29) is 35.7 Å². The number of sulfone groups is 1. The molecule has 3 heterocycles. The summed E-state index contributed by atoms with van der Waals surface area (Å²) >= 11 is 0. The van der Waals surface area contributed by atoms with Crippen LogP contribution in [0.25, 0.3) is 22.3 Å². The SMILES string of the molecule is COc1ccc(-c2cc(C(=O)NCc3nc4ccccc4[nH]3)nn2C2CCS(=O)(=O)C2)cc1. The van der Waals surface area contributed by atoms with Crippen molar-refractivity contribution in [2.45, 2.75) is 19.0 Å². The number of imidazole rings is 1. The first-order chi connectivity index (χ1) is 15.9. The minimum absolute atomic E-state index is 0.0118. The number of fused-ring (bicyclic) bond motifs is 1. The minimum Gasteiger partial charge on any atom is -0.497 e. The summed E-state index contributed by atoms with van der Waals surface area (Å²) in [6.07, 6.45) is 0.465. The van der Waals surface area contributed by atoms with Gasteiger partial charge >= 0.3 is 0 Å². The molecular weight excluding hydrogens is 442 g/mol. The lowest BCUT2D eigenvalue weighted by Crippen LogP contribution is -2.24. The molecule has 1 fully saturated rings. The minimum atomic E-state index is -3.12. The Hall–Kier alpha value is -3.66. The summed E-state index contributed by atoms with van der Waals surface area (Å²) in [6.45, 7) is 0.218. The summed E-state index contributed by atoms with van der Waals surface area (Å²) < 4.78 is 31.0. The smallest absolute Gasteiger partial charge is 0.272 e. The second kappa shape index (κ2) is 8.36. The molecule has 33 heavy (non-hydrogen) atoms. The Bertz CT molecular complexity index is 1390. The van der Waals surface area contributed by atoms with Gasteiger partial charge in [-0.15, -0.1) is 0 Å². The van der Waals surface area contributed by atoms with Crippen molar-refractivity contribution in [1.29, 1.82) is 0 Å². The maximum atomic E-state index is 12.9. The molecule has 2 aromatic carbocycles. The average molecular weight is 466 g/mol. The van der Waals surface area contributed by atoms with Crippen LogP contribution in [0.5, 0.6) is 5.75 Å². The first-order valence-electron chi connectivity index (χ1n) is 10.6. The molecule has 0 spiro atoms. The molecule has 0 radical (unpaired) electrons. The number of nitrogens with one attached hydrogen (secondary N) is 2. The third-order valence-corrected chi connectivity index (χ3v) is 7.51. The van der Waals surface area contributed by atoms with Crippen LogP contribution in [0.1, 0.15) is 28.8 Å². The van der Waals surface area contributed by atoms with Crippen molar-refractivity contribution < 1.29 is 17.9 Å². The number of nitrogens with zero attached hydrogens (tertiary/aromatic N) is 3. The van der Waals surface area contributed by atoms with E-state index in [9.17, 15) is 13.2 Å². The van der Waals surface area contributed by atoms with Gasteiger partial charge in [0.2, 0.25) is 0 Å². The van der Waals surface area contributed by atoms with Crippen molar-refractivity contribution in [3.05, 3.63) is 66.1 Å². The molecule has 1 aliphatic rings. The molecule has 1 unspecified atom stereocenters. The van der Waals surface area contributed by atoms with Gasteiger partial charge in [-0.2, -0.15) is 5.10 Å². The maximum absolute atomic E-state index is 12.9. The maximum Gasteiger partial charge on any atom is 0.272 e. The number of para-hydroxylation sites is 2. The molecule has 5 rings (SSSR count). The van der Waals surface area contributed by atoms with E-state index in [0.717, 1.165) is 16.6 Å². The summed E-state index contributed by atoms with van der Waals surface area (Å²) in [5, 5.41) is 7.36. The van der Waals surface area contributed by atoms with Crippen molar-refractivity contribution in [2.75, 3.05) is 18.6 Å². The summed E-state index contributed by atoms with van der Waals surface area (Å²) in [5.41, 5.74) is 3.46. The normalized spacial score (nSPS) is 17.3.